The number of para-hydroxylation sites is 1. The maximum Gasteiger partial charge on any atom is 0.222 e. The van der Waals surface area contributed by atoms with E-state index in [1.807, 2.05) is 42.5 Å². The molecule has 0 unspecified atom stereocenters. The zero-order valence-electron chi connectivity index (χ0n) is 11.5. The summed E-state index contributed by atoms with van der Waals surface area (Å²) in [6.07, 6.45) is -0.873. The van der Waals surface area contributed by atoms with Crippen LogP contribution in [0.2, 0.25) is 0 Å². The summed E-state index contributed by atoms with van der Waals surface area (Å²) in [5.41, 5.74) is 2.35. The molecule has 0 fully saturated rings. The molecule has 0 bridgehead atoms. The van der Waals surface area contributed by atoms with Crippen molar-refractivity contribution in [3.63, 3.8) is 0 Å². The summed E-state index contributed by atoms with van der Waals surface area (Å²) in [7, 11) is 2.89. The molecule has 2 aromatic carbocycles. The van der Waals surface area contributed by atoms with Crippen LogP contribution in [0.4, 0.5) is 11.4 Å². The van der Waals surface area contributed by atoms with Crippen LogP contribution in [0, 0.1) is 0 Å². The summed E-state index contributed by atoms with van der Waals surface area (Å²) >= 11 is 0. The van der Waals surface area contributed by atoms with Gasteiger partial charge in [0.05, 0.1) is 0 Å². The van der Waals surface area contributed by atoms with E-state index in [2.05, 4.69) is 5.32 Å². The number of ketones is 1. The molecule has 0 aromatic heterocycles. The van der Waals surface area contributed by atoms with E-state index >= 15 is 0 Å². The molecule has 0 radical (unpaired) electrons. The lowest BCUT2D eigenvalue weighted by Crippen LogP contribution is -2.24. The Labute approximate surface area is 118 Å². The second-order valence-corrected chi connectivity index (χ2v) is 4.24. The van der Waals surface area contributed by atoms with Gasteiger partial charge in [-0.1, -0.05) is 30.3 Å². The summed E-state index contributed by atoms with van der Waals surface area (Å²) in [6.45, 7) is 0. The molecule has 104 valence electrons. The number of carbonyl (C=O) groups excluding carboxylic acids is 1. The molecule has 0 atom stereocenters. The number of ether oxygens (including phenoxy) is 2. The average Bonchev–Trinajstić information content (AvgIpc) is 2.49. The van der Waals surface area contributed by atoms with Gasteiger partial charge in [0.25, 0.3) is 0 Å². The molecule has 2 rings (SSSR count). The third kappa shape index (κ3) is 3.44. The van der Waals surface area contributed by atoms with E-state index in [1.165, 1.54) is 14.2 Å². The highest BCUT2D eigenvalue weighted by atomic mass is 16.7. The van der Waals surface area contributed by atoms with E-state index < -0.39 is 6.29 Å². The molecule has 4 nitrogen and oxygen atoms in total. The predicted molar refractivity (Wildman–Crippen MR) is 78.3 cm³/mol. The first kappa shape index (κ1) is 14.2. The predicted octanol–water partition coefficient (Wildman–Crippen LogP) is 3.23. The van der Waals surface area contributed by atoms with Crippen molar-refractivity contribution in [3.8, 4) is 0 Å². The van der Waals surface area contributed by atoms with Gasteiger partial charge in [0.15, 0.2) is 0 Å². The monoisotopic (exact) mass is 271 g/mol. The van der Waals surface area contributed by atoms with E-state index in [4.69, 9.17) is 9.47 Å². The highest BCUT2D eigenvalue weighted by Crippen LogP contribution is 2.18. The third-order valence-corrected chi connectivity index (χ3v) is 2.85. The van der Waals surface area contributed by atoms with Gasteiger partial charge in [-0.25, -0.2) is 0 Å². The number of carbonyl (C=O) groups is 1. The molecule has 20 heavy (non-hydrogen) atoms. The number of methoxy groups -OCH3 is 2. The summed E-state index contributed by atoms with van der Waals surface area (Å²) in [6, 6.07) is 17.0. The van der Waals surface area contributed by atoms with Crippen LogP contribution in [0.25, 0.3) is 0 Å². The van der Waals surface area contributed by atoms with Gasteiger partial charge in [0, 0.05) is 31.2 Å². The maximum atomic E-state index is 12.1. The largest absolute Gasteiger partial charge is 0.356 e. The Morgan fingerprint density at radius 3 is 2.25 bits per heavy atom. The first-order chi connectivity index (χ1) is 9.74. The highest BCUT2D eigenvalue weighted by Gasteiger charge is 2.18. The smallest absolute Gasteiger partial charge is 0.222 e. The van der Waals surface area contributed by atoms with Gasteiger partial charge in [-0.05, 0) is 24.3 Å². The normalized spacial score (nSPS) is 10.6. The zero-order chi connectivity index (χ0) is 14.4. The summed E-state index contributed by atoms with van der Waals surface area (Å²) in [4.78, 5) is 12.1. The van der Waals surface area contributed by atoms with Crippen LogP contribution in [0.15, 0.2) is 54.6 Å². The SMILES string of the molecule is COC(OC)C(=O)c1cccc(Nc2ccccc2)c1. The second-order valence-electron chi connectivity index (χ2n) is 4.24. The number of Topliss-reactive ketones (excluding diaryl/α,β-unsaturated/α-hetero) is 1. The Balaban J connectivity index is 2.18. The summed E-state index contributed by atoms with van der Waals surface area (Å²) in [5, 5.41) is 3.24. The quantitative estimate of drug-likeness (QED) is 0.647. The Bertz CT molecular complexity index is 565. The average molecular weight is 271 g/mol. The van der Waals surface area contributed by atoms with Gasteiger partial charge in [0.1, 0.15) is 0 Å². The van der Waals surface area contributed by atoms with Gasteiger partial charge in [-0.2, -0.15) is 0 Å². The topological polar surface area (TPSA) is 47.6 Å². The van der Waals surface area contributed by atoms with Gasteiger partial charge in [0.2, 0.25) is 12.1 Å². The molecular weight excluding hydrogens is 254 g/mol. The van der Waals surface area contributed by atoms with Crippen molar-refractivity contribution in [2.75, 3.05) is 19.5 Å². The van der Waals surface area contributed by atoms with Gasteiger partial charge >= 0.3 is 0 Å². The van der Waals surface area contributed by atoms with Gasteiger partial charge in [-0.3, -0.25) is 4.79 Å². The zero-order valence-corrected chi connectivity index (χ0v) is 11.5. The molecule has 2 aromatic rings. The van der Waals surface area contributed by atoms with Crippen LogP contribution in [-0.4, -0.2) is 26.3 Å². The van der Waals surface area contributed by atoms with Crippen LogP contribution in [0.1, 0.15) is 10.4 Å². The Morgan fingerprint density at radius 1 is 0.950 bits per heavy atom. The maximum absolute atomic E-state index is 12.1. The molecule has 0 aliphatic rings. The summed E-state index contributed by atoms with van der Waals surface area (Å²) in [5.74, 6) is -0.202. The Morgan fingerprint density at radius 2 is 1.60 bits per heavy atom. The molecule has 0 saturated heterocycles. The molecule has 0 spiro atoms. The van der Waals surface area contributed by atoms with Gasteiger partial charge in [-0.15, -0.1) is 0 Å². The molecule has 4 heteroatoms. The van der Waals surface area contributed by atoms with Crippen LogP contribution in [0.3, 0.4) is 0 Å². The van der Waals surface area contributed by atoms with E-state index in [0.717, 1.165) is 11.4 Å². The van der Waals surface area contributed by atoms with E-state index in [-0.39, 0.29) is 5.78 Å². The number of rotatable bonds is 6. The number of hydrogen-bond acceptors (Lipinski definition) is 4. The molecule has 0 heterocycles. The van der Waals surface area contributed by atoms with Crippen molar-refractivity contribution in [1.29, 1.82) is 0 Å². The first-order valence-electron chi connectivity index (χ1n) is 6.26. The number of nitrogens with one attached hydrogen (secondary N) is 1. The minimum Gasteiger partial charge on any atom is -0.356 e. The van der Waals surface area contributed by atoms with E-state index in [1.54, 1.807) is 12.1 Å². The van der Waals surface area contributed by atoms with Crippen molar-refractivity contribution in [2.24, 2.45) is 0 Å². The van der Waals surface area contributed by atoms with Crippen molar-refractivity contribution in [3.05, 3.63) is 60.2 Å². The van der Waals surface area contributed by atoms with E-state index in [9.17, 15) is 4.79 Å². The number of anilines is 2. The van der Waals surface area contributed by atoms with E-state index in [0.29, 0.717) is 5.56 Å². The van der Waals surface area contributed by atoms with Crippen molar-refractivity contribution >= 4 is 17.2 Å². The fraction of sp³-hybridized carbons (Fsp3) is 0.188. The van der Waals surface area contributed by atoms with Crippen LogP contribution in [-0.2, 0) is 9.47 Å². The molecule has 1 N–H and O–H groups in total. The second kappa shape index (κ2) is 6.84. The van der Waals surface area contributed by atoms with Gasteiger partial charge < -0.3 is 14.8 Å². The lowest BCUT2D eigenvalue weighted by molar-refractivity contribution is -0.0742. The third-order valence-electron chi connectivity index (χ3n) is 2.85. The molecule has 0 aliphatic carbocycles. The Hall–Kier alpha value is -2.17. The van der Waals surface area contributed by atoms with Crippen molar-refractivity contribution < 1.29 is 14.3 Å². The number of benzene rings is 2. The van der Waals surface area contributed by atoms with Crippen LogP contribution >= 0.6 is 0 Å². The minimum atomic E-state index is -0.873. The summed E-state index contributed by atoms with van der Waals surface area (Å²) < 4.78 is 9.96. The first-order valence-corrected chi connectivity index (χ1v) is 6.26. The fourth-order valence-corrected chi connectivity index (χ4v) is 1.88. The molecule has 0 saturated carbocycles. The van der Waals surface area contributed by atoms with Crippen molar-refractivity contribution in [1.82, 2.24) is 0 Å². The minimum absolute atomic E-state index is 0.202. The highest BCUT2D eigenvalue weighted by molar-refractivity contribution is 5.99. The molecule has 0 amide bonds. The lowest BCUT2D eigenvalue weighted by Gasteiger charge is -2.13. The molecule has 0 aliphatic heterocycles. The Kier molecular flexibility index (Phi) is 4.87. The van der Waals surface area contributed by atoms with Crippen LogP contribution in [0.5, 0.6) is 0 Å². The lowest BCUT2D eigenvalue weighted by atomic mass is 10.1. The van der Waals surface area contributed by atoms with Crippen LogP contribution < -0.4 is 5.32 Å². The standard InChI is InChI=1S/C16H17NO3/c1-19-16(20-2)15(18)12-7-6-10-14(11-12)17-13-8-4-3-5-9-13/h3-11,16-17H,1-2H3. The van der Waals surface area contributed by atoms with Crippen molar-refractivity contribution in [2.45, 2.75) is 6.29 Å². The number of hydrogen-bond donors (Lipinski definition) is 1. The fourth-order valence-electron chi connectivity index (χ4n) is 1.88. The molecular formula is C16H17NO3.